The third kappa shape index (κ3) is 3.60. The second-order valence-electron chi connectivity index (χ2n) is 6.11. The molecule has 6 heteroatoms. The minimum atomic E-state index is -3.73. The Balaban J connectivity index is 1.93. The number of sulfonamides is 1. The number of hydrogen-bond acceptors (Lipinski definition) is 3. The van der Waals surface area contributed by atoms with Crippen LogP contribution >= 0.6 is 0 Å². The van der Waals surface area contributed by atoms with Gasteiger partial charge in [-0.3, -0.25) is 4.79 Å². The van der Waals surface area contributed by atoms with E-state index < -0.39 is 15.6 Å². The molecule has 0 aliphatic carbocycles. The molecule has 0 spiro atoms. The Bertz CT molecular complexity index is 836. The maximum absolute atomic E-state index is 12.9. The summed E-state index contributed by atoms with van der Waals surface area (Å²) < 4.78 is 28.7. The Morgan fingerprint density at radius 3 is 2.21 bits per heavy atom. The van der Waals surface area contributed by atoms with Gasteiger partial charge in [0.15, 0.2) is 0 Å². The van der Waals surface area contributed by atoms with Crippen molar-refractivity contribution in [2.45, 2.75) is 37.1 Å². The van der Waals surface area contributed by atoms with E-state index in [9.17, 15) is 13.2 Å². The molecule has 5 nitrogen and oxygen atoms in total. The van der Waals surface area contributed by atoms with Crippen molar-refractivity contribution in [1.82, 2.24) is 8.87 Å². The highest BCUT2D eigenvalue weighted by Crippen LogP contribution is 2.18. The maximum Gasteiger partial charge on any atom is 0.271 e. The maximum atomic E-state index is 12.9. The normalized spacial score (nSPS) is 16.7. The highest BCUT2D eigenvalue weighted by molar-refractivity contribution is 7.89. The number of nitrogens with zero attached hydrogens (tertiary/aromatic N) is 2. The predicted molar refractivity (Wildman–Crippen MR) is 93.5 cm³/mol. The minimum Gasteiger partial charge on any atom is -0.310 e. The van der Waals surface area contributed by atoms with Crippen LogP contribution in [0.15, 0.2) is 58.4 Å². The van der Waals surface area contributed by atoms with Crippen molar-refractivity contribution in [3.63, 3.8) is 0 Å². The first-order valence-corrected chi connectivity index (χ1v) is 9.76. The lowest BCUT2D eigenvalue weighted by molar-refractivity contribution is 0.422. The fourth-order valence-electron chi connectivity index (χ4n) is 3.04. The smallest absolute Gasteiger partial charge is 0.271 e. The van der Waals surface area contributed by atoms with Crippen molar-refractivity contribution in [2.75, 3.05) is 13.1 Å². The Kier molecular flexibility index (Phi) is 5.16. The highest BCUT2D eigenvalue weighted by Gasteiger charge is 2.28. The Morgan fingerprint density at radius 2 is 1.54 bits per heavy atom. The van der Waals surface area contributed by atoms with Crippen LogP contribution in [-0.4, -0.2) is 30.4 Å². The fraction of sp³-hybridized carbons (Fsp3) is 0.389. The molecule has 0 unspecified atom stereocenters. The van der Waals surface area contributed by atoms with Gasteiger partial charge in [-0.05, 0) is 30.5 Å². The third-order valence-corrected chi connectivity index (χ3v) is 6.28. The number of rotatable bonds is 4. The van der Waals surface area contributed by atoms with Gasteiger partial charge >= 0.3 is 0 Å². The van der Waals surface area contributed by atoms with Crippen LogP contribution in [0.1, 0.15) is 31.2 Å². The molecular weight excluding hydrogens is 324 g/mol. The molecule has 1 aromatic carbocycles. The van der Waals surface area contributed by atoms with Crippen molar-refractivity contribution in [3.8, 4) is 0 Å². The first kappa shape index (κ1) is 16.9. The van der Waals surface area contributed by atoms with E-state index in [-0.39, 0.29) is 4.90 Å². The van der Waals surface area contributed by atoms with Crippen LogP contribution in [0.25, 0.3) is 0 Å². The molecule has 2 heterocycles. The van der Waals surface area contributed by atoms with E-state index in [1.165, 1.54) is 14.9 Å². The van der Waals surface area contributed by atoms with Crippen molar-refractivity contribution < 1.29 is 8.42 Å². The lowest BCUT2D eigenvalue weighted by atomic mass is 10.2. The lowest BCUT2D eigenvalue weighted by Crippen LogP contribution is -2.36. The molecule has 2 aromatic rings. The molecule has 1 aliphatic rings. The van der Waals surface area contributed by atoms with E-state index in [1.807, 2.05) is 30.3 Å². The summed E-state index contributed by atoms with van der Waals surface area (Å²) in [6.45, 7) is 1.35. The highest BCUT2D eigenvalue weighted by atomic mass is 32.2. The molecule has 1 aliphatic heterocycles. The summed E-state index contributed by atoms with van der Waals surface area (Å²) in [6.07, 6.45) is 5.42. The monoisotopic (exact) mass is 346 g/mol. The van der Waals surface area contributed by atoms with Crippen LogP contribution in [0.3, 0.4) is 0 Å². The van der Waals surface area contributed by atoms with Gasteiger partial charge in [0.25, 0.3) is 5.56 Å². The van der Waals surface area contributed by atoms with Crippen LogP contribution in [0, 0.1) is 0 Å². The summed E-state index contributed by atoms with van der Waals surface area (Å²) in [5.74, 6) is 0. The molecule has 0 saturated carbocycles. The van der Waals surface area contributed by atoms with E-state index in [1.54, 1.807) is 12.3 Å². The van der Waals surface area contributed by atoms with Crippen LogP contribution in [0.2, 0.25) is 0 Å². The summed E-state index contributed by atoms with van der Waals surface area (Å²) in [6, 6.07) is 12.6. The molecule has 128 valence electrons. The Hall–Kier alpha value is -1.92. The van der Waals surface area contributed by atoms with Crippen LogP contribution in [0.4, 0.5) is 0 Å². The second-order valence-corrected chi connectivity index (χ2v) is 8.02. The van der Waals surface area contributed by atoms with Crippen molar-refractivity contribution in [1.29, 1.82) is 0 Å². The quantitative estimate of drug-likeness (QED) is 0.854. The molecule has 0 N–H and O–H groups in total. The van der Waals surface area contributed by atoms with Gasteiger partial charge in [-0.1, -0.05) is 43.2 Å². The average Bonchev–Trinajstić information content (AvgIpc) is 2.87. The zero-order valence-corrected chi connectivity index (χ0v) is 14.4. The second kappa shape index (κ2) is 7.32. The summed E-state index contributed by atoms with van der Waals surface area (Å²) in [7, 11) is -3.73. The van der Waals surface area contributed by atoms with Gasteiger partial charge in [-0.2, -0.15) is 4.31 Å². The SMILES string of the molecule is O=c1c(S(=O)(=O)N2CCCCCC2)cccn1Cc1ccccc1. The summed E-state index contributed by atoms with van der Waals surface area (Å²) >= 11 is 0. The summed E-state index contributed by atoms with van der Waals surface area (Å²) in [5.41, 5.74) is 0.509. The van der Waals surface area contributed by atoms with Gasteiger partial charge in [-0.15, -0.1) is 0 Å². The number of benzene rings is 1. The largest absolute Gasteiger partial charge is 0.310 e. The van der Waals surface area contributed by atoms with Gasteiger partial charge in [0, 0.05) is 19.3 Å². The van der Waals surface area contributed by atoms with Gasteiger partial charge < -0.3 is 4.57 Å². The van der Waals surface area contributed by atoms with E-state index in [4.69, 9.17) is 0 Å². The van der Waals surface area contributed by atoms with Crippen molar-refractivity contribution in [3.05, 3.63) is 64.6 Å². The molecule has 1 fully saturated rings. The fourth-order valence-corrected chi connectivity index (χ4v) is 4.64. The molecule has 1 aromatic heterocycles. The molecule has 0 radical (unpaired) electrons. The topological polar surface area (TPSA) is 59.4 Å². The zero-order chi connectivity index (χ0) is 17.0. The molecule has 0 bridgehead atoms. The molecule has 3 rings (SSSR count). The first-order valence-electron chi connectivity index (χ1n) is 8.32. The van der Waals surface area contributed by atoms with E-state index in [0.29, 0.717) is 19.6 Å². The van der Waals surface area contributed by atoms with Gasteiger partial charge in [0.2, 0.25) is 10.0 Å². The van der Waals surface area contributed by atoms with E-state index in [0.717, 1.165) is 31.2 Å². The lowest BCUT2D eigenvalue weighted by Gasteiger charge is -2.20. The molecule has 0 amide bonds. The third-order valence-electron chi connectivity index (χ3n) is 4.36. The van der Waals surface area contributed by atoms with Crippen molar-refractivity contribution >= 4 is 10.0 Å². The molecule has 1 saturated heterocycles. The van der Waals surface area contributed by atoms with Crippen molar-refractivity contribution in [2.24, 2.45) is 0 Å². The molecule has 0 atom stereocenters. The standard InChI is InChI=1S/C18H22N2O3S/c21-18-17(24(22,23)20-13-6-1-2-7-14-20)11-8-12-19(18)15-16-9-4-3-5-10-16/h3-5,8-12H,1-2,6-7,13-15H2. The Labute approximate surface area is 142 Å². The van der Waals surface area contributed by atoms with E-state index in [2.05, 4.69) is 0 Å². The number of pyridine rings is 1. The molecule has 24 heavy (non-hydrogen) atoms. The first-order chi connectivity index (χ1) is 11.6. The van der Waals surface area contributed by atoms with E-state index >= 15 is 0 Å². The Morgan fingerprint density at radius 1 is 0.875 bits per heavy atom. The van der Waals surface area contributed by atoms with Gasteiger partial charge in [0.05, 0.1) is 6.54 Å². The summed E-state index contributed by atoms with van der Waals surface area (Å²) in [5, 5.41) is 0. The number of aromatic nitrogens is 1. The average molecular weight is 346 g/mol. The van der Waals surface area contributed by atoms with Crippen LogP contribution in [-0.2, 0) is 16.6 Å². The van der Waals surface area contributed by atoms with Crippen LogP contribution in [0.5, 0.6) is 0 Å². The molecular formula is C18H22N2O3S. The van der Waals surface area contributed by atoms with Gasteiger partial charge in [-0.25, -0.2) is 8.42 Å². The summed E-state index contributed by atoms with van der Waals surface area (Å²) in [4.78, 5) is 12.6. The van der Waals surface area contributed by atoms with Gasteiger partial charge in [0.1, 0.15) is 4.90 Å². The minimum absolute atomic E-state index is 0.122. The zero-order valence-electron chi connectivity index (χ0n) is 13.6. The predicted octanol–water partition coefficient (Wildman–Crippen LogP) is 2.46. The number of hydrogen-bond donors (Lipinski definition) is 0. The van der Waals surface area contributed by atoms with Crippen LogP contribution < -0.4 is 5.56 Å².